The first-order chi connectivity index (χ1) is 9.36. The van der Waals surface area contributed by atoms with Gasteiger partial charge in [-0.15, -0.1) is 0 Å². The Bertz CT molecular complexity index is 428. The topological polar surface area (TPSA) is 15.3 Å². The van der Waals surface area contributed by atoms with E-state index in [0.29, 0.717) is 16.1 Å². The molecular formula is C16H26Cl2N2. The minimum absolute atomic E-state index is 0.0738. The maximum absolute atomic E-state index is 6.11. The summed E-state index contributed by atoms with van der Waals surface area (Å²) in [5.41, 5.74) is 1.28. The van der Waals surface area contributed by atoms with Crippen molar-refractivity contribution in [2.24, 2.45) is 0 Å². The van der Waals surface area contributed by atoms with E-state index in [9.17, 15) is 0 Å². The summed E-state index contributed by atoms with van der Waals surface area (Å²) in [6.07, 6.45) is 0.927. The molecular weight excluding hydrogens is 291 g/mol. The van der Waals surface area contributed by atoms with Gasteiger partial charge in [0.25, 0.3) is 0 Å². The summed E-state index contributed by atoms with van der Waals surface area (Å²) in [5, 5.41) is 4.69. The molecule has 0 aliphatic carbocycles. The molecule has 0 amide bonds. The van der Waals surface area contributed by atoms with Gasteiger partial charge in [0.1, 0.15) is 0 Å². The molecule has 0 aromatic heterocycles. The van der Waals surface area contributed by atoms with Crippen LogP contribution in [0, 0.1) is 0 Å². The van der Waals surface area contributed by atoms with E-state index in [1.165, 1.54) is 5.56 Å². The largest absolute Gasteiger partial charge is 0.315 e. The molecule has 0 spiro atoms. The van der Waals surface area contributed by atoms with Crippen LogP contribution in [0.3, 0.4) is 0 Å². The molecule has 20 heavy (non-hydrogen) atoms. The molecule has 1 aromatic carbocycles. The third-order valence-corrected chi connectivity index (χ3v) is 4.94. The third kappa shape index (κ3) is 4.11. The van der Waals surface area contributed by atoms with Gasteiger partial charge < -0.3 is 5.32 Å². The van der Waals surface area contributed by atoms with Crippen LogP contribution in [0.15, 0.2) is 18.2 Å². The molecule has 0 heterocycles. The average Bonchev–Trinajstić information content (AvgIpc) is 2.40. The van der Waals surface area contributed by atoms with Crippen molar-refractivity contribution in [3.8, 4) is 0 Å². The predicted octanol–water partition coefficient (Wildman–Crippen LogP) is 4.24. The lowest BCUT2D eigenvalue weighted by Gasteiger charge is -2.43. The Morgan fingerprint density at radius 2 is 1.75 bits per heavy atom. The molecule has 4 heteroatoms. The van der Waals surface area contributed by atoms with Crippen molar-refractivity contribution in [1.29, 1.82) is 0 Å². The second kappa shape index (κ2) is 7.65. The van der Waals surface area contributed by atoms with E-state index in [0.717, 1.165) is 19.5 Å². The molecule has 1 aromatic rings. The molecule has 0 fully saturated rings. The molecule has 0 radical (unpaired) electrons. The number of hydrogen-bond acceptors (Lipinski definition) is 2. The first kappa shape index (κ1) is 17.8. The van der Waals surface area contributed by atoms with Gasteiger partial charge in [-0.3, -0.25) is 4.90 Å². The molecule has 0 aliphatic rings. The number of nitrogens with one attached hydrogen (secondary N) is 1. The van der Waals surface area contributed by atoms with Crippen molar-refractivity contribution in [3.63, 3.8) is 0 Å². The first-order valence-corrected chi connectivity index (χ1v) is 7.98. The number of halogens is 2. The van der Waals surface area contributed by atoms with Crippen LogP contribution in [-0.2, 0) is 6.42 Å². The van der Waals surface area contributed by atoms with Crippen molar-refractivity contribution >= 4 is 23.2 Å². The monoisotopic (exact) mass is 316 g/mol. The number of benzene rings is 1. The van der Waals surface area contributed by atoms with Crippen molar-refractivity contribution < 1.29 is 0 Å². The summed E-state index contributed by atoms with van der Waals surface area (Å²) in [5.74, 6) is 0. The molecule has 114 valence electrons. The Hall–Kier alpha value is -0.280. The van der Waals surface area contributed by atoms with Crippen LogP contribution in [0.5, 0.6) is 0 Å². The van der Waals surface area contributed by atoms with Gasteiger partial charge in [0.2, 0.25) is 0 Å². The van der Waals surface area contributed by atoms with E-state index in [4.69, 9.17) is 23.2 Å². The minimum atomic E-state index is 0.0738. The highest BCUT2D eigenvalue weighted by atomic mass is 35.5. The number of hydrogen-bond donors (Lipinski definition) is 1. The van der Waals surface area contributed by atoms with Gasteiger partial charge in [-0.1, -0.05) is 43.1 Å². The smallest absolute Gasteiger partial charge is 0.0595 e. The maximum Gasteiger partial charge on any atom is 0.0595 e. The van der Waals surface area contributed by atoms with Gasteiger partial charge in [-0.2, -0.15) is 0 Å². The predicted molar refractivity (Wildman–Crippen MR) is 90.0 cm³/mol. The molecule has 0 bridgehead atoms. The molecule has 1 unspecified atom stereocenters. The molecule has 1 atom stereocenters. The van der Waals surface area contributed by atoms with E-state index in [1.807, 2.05) is 19.2 Å². The van der Waals surface area contributed by atoms with Gasteiger partial charge in [0.05, 0.1) is 10.0 Å². The molecule has 0 aliphatic heterocycles. The van der Waals surface area contributed by atoms with Gasteiger partial charge in [-0.05, 0) is 58.1 Å². The van der Waals surface area contributed by atoms with E-state index >= 15 is 0 Å². The zero-order valence-corrected chi connectivity index (χ0v) is 14.6. The lowest BCUT2D eigenvalue weighted by atomic mass is 9.87. The quantitative estimate of drug-likeness (QED) is 0.809. The van der Waals surface area contributed by atoms with Crippen LogP contribution in [0.4, 0.5) is 0 Å². The zero-order chi connectivity index (χ0) is 15.3. The zero-order valence-electron chi connectivity index (χ0n) is 13.1. The average molecular weight is 317 g/mol. The van der Waals surface area contributed by atoms with Crippen LogP contribution in [-0.4, -0.2) is 36.6 Å². The van der Waals surface area contributed by atoms with Crippen molar-refractivity contribution in [2.45, 2.75) is 45.7 Å². The van der Waals surface area contributed by atoms with Crippen LogP contribution >= 0.6 is 23.2 Å². The Kier molecular flexibility index (Phi) is 6.80. The Morgan fingerprint density at radius 1 is 1.15 bits per heavy atom. The Labute approximate surface area is 133 Å². The van der Waals surface area contributed by atoms with E-state index < -0.39 is 0 Å². The van der Waals surface area contributed by atoms with E-state index in [2.05, 4.69) is 44.0 Å². The van der Waals surface area contributed by atoms with Crippen LogP contribution in [0.2, 0.25) is 10.0 Å². The normalized spacial score (nSPS) is 13.8. The summed E-state index contributed by atoms with van der Waals surface area (Å²) in [6, 6.07) is 6.24. The Balaban J connectivity index is 2.93. The number of nitrogens with zero attached hydrogens (tertiary/aromatic N) is 1. The number of rotatable bonds is 7. The summed E-state index contributed by atoms with van der Waals surface area (Å²) in [6.45, 7) is 11.1. The Morgan fingerprint density at radius 3 is 2.20 bits per heavy atom. The fourth-order valence-electron chi connectivity index (χ4n) is 2.87. The van der Waals surface area contributed by atoms with Crippen molar-refractivity contribution in [3.05, 3.63) is 33.8 Å². The molecule has 1 rings (SSSR count). The van der Waals surface area contributed by atoms with E-state index in [1.54, 1.807) is 0 Å². The lowest BCUT2D eigenvalue weighted by molar-refractivity contribution is 0.0944. The second-order valence-corrected chi connectivity index (χ2v) is 6.43. The first-order valence-electron chi connectivity index (χ1n) is 7.23. The summed E-state index contributed by atoms with van der Waals surface area (Å²) < 4.78 is 0. The molecule has 1 N–H and O–H groups in total. The summed E-state index contributed by atoms with van der Waals surface area (Å²) >= 11 is 12.1. The highest BCUT2D eigenvalue weighted by Gasteiger charge is 2.32. The SMILES string of the molecule is CCN(CC)C(C)(C)C(Cc1ccc(Cl)c(Cl)c1)NC. The van der Waals surface area contributed by atoms with Crippen molar-refractivity contribution in [1.82, 2.24) is 10.2 Å². The van der Waals surface area contributed by atoms with Crippen LogP contribution < -0.4 is 5.32 Å². The molecule has 2 nitrogen and oxygen atoms in total. The fraction of sp³-hybridized carbons (Fsp3) is 0.625. The highest BCUT2D eigenvalue weighted by molar-refractivity contribution is 6.42. The van der Waals surface area contributed by atoms with Gasteiger partial charge in [-0.25, -0.2) is 0 Å². The highest BCUT2D eigenvalue weighted by Crippen LogP contribution is 2.26. The van der Waals surface area contributed by atoms with Crippen LogP contribution in [0.1, 0.15) is 33.3 Å². The van der Waals surface area contributed by atoms with Gasteiger partial charge in [0.15, 0.2) is 0 Å². The molecule has 0 saturated heterocycles. The second-order valence-electron chi connectivity index (χ2n) is 5.62. The summed E-state index contributed by atoms with van der Waals surface area (Å²) in [7, 11) is 2.02. The van der Waals surface area contributed by atoms with Crippen molar-refractivity contribution in [2.75, 3.05) is 20.1 Å². The molecule has 0 saturated carbocycles. The van der Waals surface area contributed by atoms with Crippen LogP contribution in [0.25, 0.3) is 0 Å². The third-order valence-electron chi connectivity index (χ3n) is 4.20. The van der Waals surface area contributed by atoms with Gasteiger partial charge >= 0.3 is 0 Å². The number of likely N-dealkylation sites (N-methyl/N-ethyl adjacent to an activating group) is 2. The minimum Gasteiger partial charge on any atom is -0.315 e. The maximum atomic E-state index is 6.11. The van der Waals surface area contributed by atoms with Gasteiger partial charge in [0, 0.05) is 11.6 Å². The standard InChI is InChI=1S/C16H26Cl2N2/c1-6-20(7-2)16(3,4)15(19-5)11-12-8-9-13(17)14(18)10-12/h8-10,15,19H,6-7,11H2,1-5H3. The summed E-state index contributed by atoms with van der Waals surface area (Å²) in [4.78, 5) is 2.48. The lowest BCUT2D eigenvalue weighted by Crippen LogP contribution is -2.57. The van der Waals surface area contributed by atoms with E-state index in [-0.39, 0.29) is 5.54 Å². The fourth-order valence-corrected chi connectivity index (χ4v) is 3.19.